The minimum absolute atomic E-state index is 0.0501. The first-order valence-electron chi connectivity index (χ1n) is 9.01. The molecule has 0 heterocycles. The van der Waals surface area contributed by atoms with Crippen molar-refractivity contribution >= 4 is 15.6 Å². The predicted octanol–water partition coefficient (Wildman–Crippen LogP) is 5.30. The van der Waals surface area contributed by atoms with Crippen LogP contribution in [0.25, 0.3) is 0 Å². The maximum atomic E-state index is 11.2. The summed E-state index contributed by atoms with van der Waals surface area (Å²) in [6, 6.07) is 0. The molecule has 3 N–H and O–H groups in total. The van der Waals surface area contributed by atoms with Crippen molar-refractivity contribution in [1.82, 2.24) is 0 Å². The summed E-state index contributed by atoms with van der Waals surface area (Å²) in [6.07, 6.45) is 15.3. The second-order valence-electron chi connectivity index (χ2n) is 6.12. The van der Waals surface area contributed by atoms with Crippen LogP contribution in [0.4, 0.5) is 0 Å². The number of phosphoric ester groups is 1. The van der Waals surface area contributed by atoms with E-state index in [0.717, 1.165) is 19.3 Å². The molecule has 0 bridgehead atoms. The van der Waals surface area contributed by atoms with Crippen molar-refractivity contribution in [3.63, 3.8) is 0 Å². The fraction of sp³-hybridized carbons (Fsp3) is 1.00. The molecular weight excluding hydrogens is 354 g/mol. The van der Waals surface area contributed by atoms with Gasteiger partial charge in [0.25, 0.3) is 0 Å². The molecule has 7 nitrogen and oxygen atoms in total. The van der Waals surface area contributed by atoms with Gasteiger partial charge in [0.2, 0.25) is 0 Å². The highest BCUT2D eigenvalue weighted by Crippen LogP contribution is 2.57. The van der Waals surface area contributed by atoms with Gasteiger partial charge in [0.05, 0.1) is 6.61 Å². The Morgan fingerprint density at radius 1 is 0.667 bits per heavy atom. The van der Waals surface area contributed by atoms with E-state index in [0.29, 0.717) is 6.42 Å². The van der Waals surface area contributed by atoms with Crippen LogP contribution in [0.2, 0.25) is 0 Å². The maximum Gasteiger partial charge on any atom is 0.481 e. The molecule has 9 heteroatoms. The molecule has 0 aromatic carbocycles. The molecule has 0 radical (unpaired) electrons. The zero-order chi connectivity index (χ0) is 18.3. The summed E-state index contributed by atoms with van der Waals surface area (Å²) in [5.41, 5.74) is 0. The minimum atomic E-state index is -5.01. The molecule has 24 heavy (non-hydrogen) atoms. The van der Waals surface area contributed by atoms with Gasteiger partial charge in [0.1, 0.15) is 0 Å². The number of rotatable bonds is 17. The molecule has 1 atom stereocenters. The second kappa shape index (κ2) is 14.4. The van der Waals surface area contributed by atoms with Gasteiger partial charge in [-0.05, 0) is 6.42 Å². The monoisotopic (exact) mass is 388 g/mol. The van der Waals surface area contributed by atoms with Crippen LogP contribution in [0.3, 0.4) is 0 Å². The van der Waals surface area contributed by atoms with E-state index in [9.17, 15) is 9.13 Å². The average molecular weight is 388 g/mol. The third-order valence-electron chi connectivity index (χ3n) is 3.71. The fourth-order valence-electron chi connectivity index (χ4n) is 2.46. The molecule has 0 saturated carbocycles. The number of unbranched alkanes of at least 4 members (excludes halogenated alkanes) is 12. The third kappa shape index (κ3) is 18.6. The van der Waals surface area contributed by atoms with Crippen LogP contribution in [-0.4, -0.2) is 21.3 Å². The summed E-state index contributed by atoms with van der Waals surface area (Å²) < 4.78 is 29.8. The van der Waals surface area contributed by atoms with E-state index >= 15 is 0 Å². The average Bonchev–Trinajstić information content (AvgIpc) is 2.45. The standard InChI is InChI=1S/C15H34O7P2/c1-2-3-4-5-6-7-8-9-10-11-12-13-14-15-21-24(19,20)22-23(16,17)18/h2-15H2,1H3,(H,19,20)(H2,16,17,18). The van der Waals surface area contributed by atoms with Gasteiger partial charge in [-0.1, -0.05) is 84.0 Å². The molecule has 0 fully saturated rings. The van der Waals surface area contributed by atoms with Crippen LogP contribution >= 0.6 is 15.6 Å². The third-order valence-corrected chi connectivity index (χ3v) is 5.90. The smallest absolute Gasteiger partial charge is 0.302 e. The van der Waals surface area contributed by atoms with Crippen LogP contribution in [-0.2, 0) is 18.0 Å². The van der Waals surface area contributed by atoms with Crippen molar-refractivity contribution in [3.8, 4) is 0 Å². The SMILES string of the molecule is CCCCCCCCCCCCCCCOP(=O)(O)OP(=O)(O)O. The molecule has 0 aromatic rings. The van der Waals surface area contributed by atoms with Crippen molar-refractivity contribution in [2.75, 3.05) is 6.61 Å². The van der Waals surface area contributed by atoms with E-state index in [1.807, 2.05) is 0 Å². The first kappa shape index (κ1) is 24.3. The van der Waals surface area contributed by atoms with Gasteiger partial charge in [-0.25, -0.2) is 9.13 Å². The van der Waals surface area contributed by atoms with Gasteiger partial charge >= 0.3 is 15.6 Å². The summed E-state index contributed by atoms with van der Waals surface area (Å²) in [6.45, 7) is 2.18. The molecule has 0 amide bonds. The van der Waals surface area contributed by atoms with Crippen LogP contribution in [0.1, 0.15) is 90.4 Å². The van der Waals surface area contributed by atoms with Gasteiger partial charge in [-0.15, -0.1) is 0 Å². The van der Waals surface area contributed by atoms with Crippen LogP contribution in [0.15, 0.2) is 0 Å². The van der Waals surface area contributed by atoms with E-state index in [4.69, 9.17) is 14.7 Å². The van der Waals surface area contributed by atoms with Gasteiger partial charge in [0, 0.05) is 0 Å². The lowest BCUT2D eigenvalue weighted by Crippen LogP contribution is -1.96. The maximum absolute atomic E-state index is 11.2. The Kier molecular flexibility index (Phi) is 14.6. The molecule has 0 spiro atoms. The Bertz CT molecular complexity index is 384. The molecule has 0 aromatic heterocycles. The Morgan fingerprint density at radius 2 is 1.04 bits per heavy atom. The lowest BCUT2D eigenvalue weighted by Gasteiger charge is -2.12. The van der Waals surface area contributed by atoms with Crippen LogP contribution in [0.5, 0.6) is 0 Å². The Morgan fingerprint density at radius 3 is 1.42 bits per heavy atom. The Labute approximate surface area is 146 Å². The summed E-state index contributed by atoms with van der Waals surface area (Å²) in [5, 5.41) is 0. The van der Waals surface area contributed by atoms with Crippen molar-refractivity contribution in [2.24, 2.45) is 0 Å². The van der Waals surface area contributed by atoms with Crippen molar-refractivity contribution in [2.45, 2.75) is 90.4 Å². The zero-order valence-electron chi connectivity index (χ0n) is 14.8. The molecule has 0 aliphatic rings. The number of hydrogen-bond donors (Lipinski definition) is 3. The lowest BCUT2D eigenvalue weighted by atomic mass is 10.0. The molecule has 0 rings (SSSR count). The molecular formula is C15H34O7P2. The van der Waals surface area contributed by atoms with Crippen LogP contribution in [0, 0.1) is 0 Å². The van der Waals surface area contributed by atoms with Gasteiger partial charge in [0.15, 0.2) is 0 Å². The Hall–Kier alpha value is 0.260. The topological polar surface area (TPSA) is 113 Å². The van der Waals surface area contributed by atoms with Gasteiger partial charge in [-0.3, -0.25) is 4.52 Å². The molecule has 0 aliphatic carbocycles. The van der Waals surface area contributed by atoms with E-state index in [-0.39, 0.29) is 6.61 Å². The molecule has 0 saturated heterocycles. The predicted molar refractivity (Wildman–Crippen MR) is 94.6 cm³/mol. The summed E-state index contributed by atoms with van der Waals surface area (Å²) in [7, 11) is -9.68. The molecule has 1 unspecified atom stereocenters. The van der Waals surface area contributed by atoms with Crippen LogP contribution < -0.4 is 0 Å². The van der Waals surface area contributed by atoms with E-state index in [2.05, 4.69) is 15.8 Å². The normalized spacial score (nSPS) is 14.7. The minimum Gasteiger partial charge on any atom is -0.302 e. The van der Waals surface area contributed by atoms with Gasteiger partial charge < -0.3 is 14.7 Å². The van der Waals surface area contributed by atoms with E-state index < -0.39 is 15.6 Å². The highest BCUT2D eigenvalue weighted by atomic mass is 31.3. The highest BCUT2D eigenvalue weighted by Gasteiger charge is 2.31. The first-order valence-corrected chi connectivity index (χ1v) is 12.0. The summed E-state index contributed by atoms with van der Waals surface area (Å²) in [4.78, 5) is 26.0. The molecule has 146 valence electrons. The van der Waals surface area contributed by atoms with Gasteiger partial charge in [-0.2, -0.15) is 4.31 Å². The van der Waals surface area contributed by atoms with Crippen molar-refractivity contribution < 1.29 is 32.6 Å². The highest BCUT2D eigenvalue weighted by molar-refractivity contribution is 7.60. The lowest BCUT2D eigenvalue weighted by molar-refractivity contribution is 0.176. The van der Waals surface area contributed by atoms with E-state index in [1.165, 1.54) is 57.8 Å². The van der Waals surface area contributed by atoms with Crippen molar-refractivity contribution in [1.29, 1.82) is 0 Å². The summed E-state index contributed by atoms with van der Waals surface area (Å²) in [5.74, 6) is 0. The largest absolute Gasteiger partial charge is 0.481 e. The quantitative estimate of drug-likeness (QED) is 0.229. The second-order valence-corrected chi connectivity index (χ2v) is 8.95. The molecule has 0 aliphatic heterocycles. The Balaban J connectivity index is 3.31. The van der Waals surface area contributed by atoms with Crippen molar-refractivity contribution in [3.05, 3.63) is 0 Å². The first-order chi connectivity index (χ1) is 11.3. The van der Waals surface area contributed by atoms with E-state index in [1.54, 1.807) is 0 Å². The fourth-order valence-corrected chi connectivity index (χ4v) is 4.08. The summed E-state index contributed by atoms with van der Waals surface area (Å²) >= 11 is 0. The number of phosphoric acid groups is 2. The zero-order valence-corrected chi connectivity index (χ0v) is 16.6. The number of hydrogen-bond acceptors (Lipinski definition) is 4.